The maximum atomic E-state index is 6.06. The van der Waals surface area contributed by atoms with E-state index in [1.165, 1.54) is 5.69 Å². The minimum absolute atomic E-state index is 0.00515. The molecule has 0 radical (unpaired) electrons. The Labute approximate surface area is 113 Å². The van der Waals surface area contributed by atoms with Gasteiger partial charge in [-0.15, -0.1) is 0 Å². The summed E-state index contributed by atoms with van der Waals surface area (Å²) < 4.78 is 0. The summed E-state index contributed by atoms with van der Waals surface area (Å²) in [5.74, 6) is 0. The number of aromatic amines is 2. The van der Waals surface area contributed by atoms with Gasteiger partial charge in [0.2, 0.25) is 0 Å². The molecule has 0 fully saturated rings. The third kappa shape index (κ3) is 1.57. The number of halogens is 1. The Balaban J connectivity index is 1.93. The normalized spacial score (nSPS) is 18.7. The zero-order valence-corrected chi connectivity index (χ0v) is 10.7. The first-order valence-electron chi connectivity index (χ1n) is 6.07. The van der Waals surface area contributed by atoms with Crippen LogP contribution in [0.15, 0.2) is 18.7 Å². The van der Waals surface area contributed by atoms with Gasteiger partial charge in [0, 0.05) is 36.6 Å². The summed E-state index contributed by atoms with van der Waals surface area (Å²) >= 11 is 6.06. The zero-order chi connectivity index (χ0) is 12.8. The summed E-state index contributed by atoms with van der Waals surface area (Å²) in [6.45, 7) is 0.897. The van der Waals surface area contributed by atoms with Crippen LogP contribution in [0.25, 0.3) is 10.9 Å². The predicted molar refractivity (Wildman–Crippen MR) is 71.0 cm³/mol. The molecule has 1 atom stereocenters. The molecule has 6 nitrogen and oxygen atoms in total. The lowest BCUT2D eigenvalue weighted by atomic mass is 9.98. The van der Waals surface area contributed by atoms with Crippen molar-refractivity contribution in [1.82, 2.24) is 30.5 Å². The van der Waals surface area contributed by atoms with Gasteiger partial charge in [-0.2, -0.15) is 5.10 Å². The van der Waals surface area contributed by atoms with Crippen LogP contribution in [-0.4, -0.2) is 31.7 Å². The standard InChI is InChI=1S/C12H11ClN6/c13-12-7-4-14-3-6(9(7)18-19-12)10-11-8(1-2-15-10)16-5-17-11/h3-5,10,15H,1-2H2,(H,16,17)(H,18,19). The Hall–Kier alpha value is -1.92. The number of imidazole rings is 1. The Kier molecular flexibility index (Phi) is 2.33. The van der Waals surface area contributed by atoms with Crippen LogP contribution in [0.4, 0.5) is 0 Å². The van der Waals surface area contributed by atoms with Crippen molar-refractivity contribution >= 4 is 22.5 Å². The van der Waals surface area contributed by atoms with Crippen molar-refractivity contribution < 1.29 is 0 Å². The molecule has 4 rings (SSSR count). The quantitative estimate of drug-likeness (QED) is 0.629. The molecule has 0 spiro atoms. The van der Waals surface area contributed by atoms with Crippen molar-refractivity contribution in [3.63, 3.8) is 0 Å². The summed E-state index contributed by atoms with van der Waals surface area (Å²) in [5, 5.41) is 11.9. The largest absolute Gasteiger partial charge is 0.348 e. The fourth-order valence-electron chi connectivity index (χ4n) is 2.61. The molecule has 0 aliphatic carbocycles. The highest BCUT2D eigenvalue weighted by Crippen LogP contribution is 2.31. The fourth-order valence-corrected chi connectivity index (χ4v) is 2.79. The molecule has 0 saturated heterocycles. The molecular weight excluding hydrogens is 264 g/mol. The van der Waals surface area contributed by atoms with Crippen LogP contribution in [0.5, 0.6) is 0 Å². The topological polar surface area (TPSA) is 82.3 Å². The molecular formula is C12H11ClN6. The minimum Gasteiger partial charge on any atom is -0.348 e. The average Bonchev–Trinajstić information content (AvgIpc) is 3.05. The third-order valence-corrected chi connectivity index (χ3v) is 3.80. The van der Waals surface area contributed by atoms with Gasteiger partial charge in [0.25, 0.3) is 0 Å². The first-order valence-corrected chi connectivity index (χ1v) is 6.45. The molecule has 4 heterocycles. The number of fused-ring (bicyclic) bond motifs is 2. The second-order valence-corrected chi connectivity index (χ2v) is 4.94. The van der Waals surface area contributed by atoms with Crippen LogP contribution in [-0.2, 0) is 6.42 Å². The van der Waals surface area contributed by atoms with E-state index >= 15 is 0 Å². The molecule has 7 heteroatoms. The van der Waals surface area contributed by atoms with E-state index in [4.69, 9.17) is 11.6 Å². The average molecular weight is 275 g/mol. The van der Waals surface area contributed by atoms with Gasteiger partial charge in [0.1, 0.15) is 10.7 Å². The molecule has 19 heavy (non-hydrogen) atoms. The lowest BCUT2D eigenvalue weighted by Gasteiger charge is -2.23. The van der Waals surface area contributed by atoms with Gasteiger partial charge in [0.05, 0.1) is 23.4 Å². The number of rotatable bonds is 1. The predicted octanol–water partition coefficient (Wildman–Crippen LogP) is 1.57. The lowest BCUT2D eigenvalue weighted by Crippen LogP contribution is -2.31. The molecule has 3 aromatic rings. The van der Waals surface area contributed by atoms with Gasteiger partial charge < -0.3 is 10.3 Å². The monoisotopic (exact) mass is 274 g/mol. The molecule has 1 aliphatic heterocycles. The van der Waals surface area contributed by atoms with Gasteiger partial charge in [-0.1, -0.05) is 11.6 Å². The number of pyridine rings is 1. The number of H-pyrrole nitrogens is 2. The van der Waals surface area contributed by atoms with E-state index in [0.717, 1.165) is 35.1 Å². The Morgan fingerprint density at radius 2 is 2.26 bits per heavy atom. The number of aromatic nitrogens is 5. The van der Waals surface area contributed by atoms with E-state index in [0.29, 0.717) is 5.15 Å². The van der Waals surface area contributed by atoms with Crippen LogP contribution < -0.4 is 5.32 Å². The van der Waals surface area contributed by atoms with Crippen molar-refractivity contribution in [3.8, 4) is 0 Å². The fraction of sp³-hybridized carbons (Fsp3) is 0.250. The summed E-state index contributed by atoms with van der Waals surface area (Å²) in [6.07, 6.45) is 6.23. The molecule has 3 N–H and O–H groups in total. The molecule has 0 bridgehead atoms. The Morgan fingerprint density at radius 1 is 1.32 bits per heavy atom. The molecule has 0 amide bonds. The van der Waals surface area contributed by atoms with Gasteiger partial charge >= 0.3 is 0 Å². The van der Waals surface area contributed by atoms with Crippen molar-refractivity contribution in [3.05, 3.63) is 40.8 Å². The third-order valence-electron chi connectivity index (χ3n) is 3.51. The summed E-state index contributed by atoms with van der Waals surface area (Å²) in [4.78, 5) is 11.9. The van der Waals surface area contributed by atoms with Gasteiger partial charge in [-0.05, 0) is 0 Å². The minimum atomic E-state index is 0.00515. The highest BCUT2D eigenvalue weighted by atomic mass is 35.5. The van der Waals surface area contributed by atoms with Crippen LogP contribution in [0.1, 0.15) is 23.0 Å². The second-order valence-electron chi connectivity index (χ2n) is 4.57. The molecule has 0 aromatic carbocycles. The lowest BCUT2D eigenvalue weighted by molar-refractivity contribution is 0.554. The maximum absolute atomic E-state index is 6.06. The van der Waals surface area contributed by atoms with Crippen molar-refractivity contribution in [2.24, 2.45) is 0 Å². The molecule has 1 aliphatic rings. The molecule has 1 unspecified atom stereocenters. The smallest absolute Gasteiger partial charge is 0.133 e. The van der Waals surface area contributed by atoms with E-state index in [-0.39, 0.29) is 6.04 Å². The van der Waals surface area contributed by atoms with E-state index in [1.807, 2.05) is 6.20 Å². The second kappa shape index (κ2) is 4.04. The van der Waals surface area contributed by atoms with Crippen LogP contribution in [0.2, 0.25) is 5.15 Å². The van der Waals surface area contributed by atoms with E-state index < -0.39 is 0 Å². The number of hydrogen-bond donors (Lipinski definition) is 3. The van der Waals surface area contributed by atoms with Crippen LogP contribution >= 0.6 is 11.6 Å². The summed E-state index contributed by atoms with van der Waals surface area (Å²) in [6, 6.07) is 0.00515. The SMILES string of the molecule is Clc1[nH]nc2c(C3NCCc4[nH]cnc43)cncc12. The highest BCUT2D eigenvalue weighted by molar-refractivity contribution is 6.34. The van der Waals surface area contributed by atoms with Crippen molar-refractivity contribution in [1.29, 1.82) is 0 Å². The van der Waals surface area contributed by atoms with Gasteiger partial charge in [-0.25, -0.2) is 4.98 Å². The Morgan fingerprint density at radius 3 is 3.21 bits per heavy atom. The van der Waals surface area contributed by atoms with E-state index in [2.05, 4.69) is 30.5 Å². The van der Waals surface area contributed by atoms with E-state index in [9.17, 15) is 0 Å². The molecule has 3 aromatic heterocycles. The number of hydrogen-bond acceptors (Lipinski definition) is 4. The van der Waals surface area contributed by atoms with Crippen molar-refractivity contribution in [2.45, 2.75) is 12.5 Å². The summed E-state index contributed by atoms with van der Waals surface area (Å²) in [7, 11) is 0. The van der Waals surface area contributed by atoms with Crippen LogP contribution in [0.3, 0.4) is 0 Å². The van der Waals surface area contributed by atoms with Gasteiger partial charge in [0.15, 0.2) is 0 Å². The maximum Gasteiger partial charge on any atom is 0.133 e. The van der Waals surface area contributed by atoms with E-state index in [1.54, 1.807) is 12.5 Å². The van der Waals surface area contributed by atoms with Gasteiger partial charge in [-0.3, -0.25) is 10.1 Å². The molecule has 96 valence electrons. The first-order chi connectivity index (χ1) is 9.34. The zero-order valence-electron chi connectivity index (χ0n) is 9.94. The molecule has 0 saturated carbocycles. The number of nitrogens with one attached hydrogen (secondary N) is 3. The van der Waals surface area contributed by atoms with Crippen LogP contribution in [0, 0.1) is 0 Å². The highest BCUT2D eigenvalue weighted by Gasteiger charge is 2.26. The number of nitrogens with zero attached hydrogens (tertiary/aromatic N) is 3. The first kappa shape index (κ1) is 11.0. The van der Waals surface area contributed by atoms with Crippen molar-refractivity contribution in [2.75, 3.05) is 6.54 Å². The summed E-state index contributed by atoms with van der Waals surface area (Å²) in [5.41, 5.74) is 4.02. The Bertz CT molecular complexity index is 746.